The first kappa shape index (κ1) is 20.5. The summed E-state index contributed by atoms with van der Waals surface area (Å²) in [5.41, 5.74) is 3.85. The Morgan fingerprint density at radius 2 is 1.91 bits per heavy atom. The van der Waals surface area contributed by atoms with Gasteiger partial charge < -0.3 is 9.64 Å². The molecule has 0 unspecified atom stereocenters. The summed E-state index contributed by atoms with van der Waals surface area (Å²) in [6.07, 6.45) is 2.08. The van der Waals surface area contributed by atoms with Crippen molar-refractivity contribution in [3.8, 4) is 17.3 Å². The minimum absolute atomic E-state index is 0.0795. The SMILES string of the molecule is Cc1cccc(Oc2c(CN(C(=O)c3cccs3)C3CC3)c(C)nn2-c2ccccc2)c1. The highest BCUT2D eigenvalue weighted by Gasteiger charge is 2.35. The first-order valence-corrected chi connectivity index (χ1v) is 11.7. The minimum Gasteiger partial charge on any atom is -0.439 e. The molecule has 0 saturated heterocycles. The predicted molar refractivity (Wildman–Crippen MR) is 127 cm³/mol. The van der Waals surface area contributed by atoms with Crippen LogP contribution in [0, 0.1) is 13.8 Å². The largest absolute Gasteiger partial charge is 0.439 e. The molecule has 1 amide bonds. The fourth-order valence-electron chi connectivity index (χ4n) is 3.82. The van der Waals surface area contributed by atoms with Crippen LogP contribution in [0.5, 0.6) is 11.6 Å². The van der Waals surface area contributed by atoms with Crippen LogP contribution in [0.1, 0.15) is 39.3 Å². The number of rotatable bonds is 7. The van der Waals surface area contributed by atoms with Gasteiger partial charge >= 0.3 is 0 Å². The Balaban J connectivity index is 1.56. The number of amides is 1. The molecule has 4 aromatic rings. The second kappa shape index (κ2) is 8.63. The number of aromatic nitrogens is 2. The molecule has 0 bridgehead atoms. The van der Waals surface area contributed by atoms with Crippen molar-refractivity contribution in [1.29, 1.82) is 0 Å². The van der Waals surface area contributed by atoms with Gasteiger partial charge in [0, 0.05) is 6.04 Å². The van der Waals surface area contributed by atoms with Crippen molar-refractivity contribution in [3.05, 3.63) is 93.8 Å². The topological polar surface area (TPSA) is 47.4 Å². The summed E-state index contributed by atoms with van der Waals surface area (Å²) in [6.45, 7) is 4.50. The van der Waals surface area contributed by atoms with Gasteiger partial charge in [-0.25, -0.2) is 4.68 Å². The van der Waals surface area contributed by atoms with Crippen molar-refractivity contribution in [2.24, 2.45) is 0 Å². The number of thiophene rings is 1. The van der Waals surface area contributed by atoms with Gasteiger partial charge in [0.05, 0.1) is 28.4 Å². The molecule has 2 aromatic heterocycles. The molecule has 1 aliphatic rings. The summed E-state index contributed by atoms with van der Waals surface area (Å²) < 4.78 is 8.27. The lowest BCUT2D eigenvalue weighted by Crippen LogP contribution is -2.32. The normalized spacial score (nSPS) is 13.2. The zero-order valence-electron chi connectivity index (χ0n) is 18.2. The molecule has 32 heavy (non-hydrogen) atoms. The number of benzene rings is 2. The number of para-hydroxylation sites is 1. The molecule has 162 valence electrons. The molecule has 1 aliphatic carbocycles. The third-order valence-corrected chi connectivity index (χ3v) is 6.51. The van der Waals surface area contributed by atoms with Crippen LogP contribution < -0.4 is 4.74 Å². The van der Waals surface area contributed by atoms with Gasteiger partial charge in [-0.1, -0.05) is 36.4 Å². The molecule has 5 nitrogen and oxygen atoms in total. The van der Waals surface area contributed by atoms with Crippen LogP contribution >= 0.6 is 11.3 Å². The maximum absolute atomic E-state index is 13.3. The van der Waals surface area contributed by atoms with Gasteiger partial charge in [0.1, 0.15) is 5.75 Å². The van der Waals surface area contributed by atoms with Crippen LogP contribution in [0.2, 0.25) is 0 Å². The number of ether oxygens (including phenoxy) is 1. The molecule has 0 spiro atoms. The van der Waals surface area contributed by atoms with E-state index in [9.17, 15) is 4.79 Å². The first-order valence-electron chi connectivity index (χ1n) is 10.8. The molecule has 1 saturated carbocycles. The molecule has 6 heteroatoms. The van der Waals surface area contributed by atoms with Crippen LogP contribution in [0.4, 0.5) is 0 Å². The summed E-state index contributed by atoms with van der Waals surface area (Å²) in [4.78, 5) is 16.0. The predicted octanol–water partition coefficient (Wildman–Crippen LogP) is 6.15. The Bertz CT molecular complexity index is 1230. The quantitative estimate of drug-likeness (QED) is 0.344. The van der Waals surface area contributed by atoms with Crippen molar-refractivity contribution in [2.75, 3.05) is 0 Å². The molecule has 1 fully saturated rings. The van der Waals surface area contributed by atoms with Gasteiger partial charge in [0.25, 0.3) is 5.91 Å². The molecule has 0 N–H and O–H groups in total. The van der Waals surface area contributed by atoms with Crippen LogP contribution in [-0.4, -0.2) is 26.6 Å². The molecule has 0 radical (unpaired) electrons. The van der Waals surface area contributed by atoms with E-state index in [1.165, 1.54) is 11.3 Å². The fraction of sp³-hybridized carbons (Fsp3) is 0.231. The highest BCUT2D eigenvalue weighted by atomic mass is 32.1. The zero-order chi connectivity index (χ0) is 22.1. The van der Waals surface area contributed by atoms with Gasteiger partial charge in [-0.15, -0.1) is 11.3 Å². The van der Waals surface area contributed by atoms with Crippen molar-refractivity contribution in [2.45, 2.75) is 39.3 Å². The summed E-state index contributed by atoms with van der Waals surface area (Å²) >= 11 is 1.49. The van der Waals surface area contributed by atoms with Crippen molar-refractivity contribution >= 4 is 17.2 Å². The molecule has 0 aliphatic heterocycles. The third-order valence-electron chi connectivity index (χ3n) is 5.65. The van der Waals surface area contributed by atoms with E-state index in [0.29, 0.717) is 12.4 Å². The summed E-state index contributed by atoms with van der Waals surface area (Å²) in [5.74, 6) is 1.49. The van der Waals surface area contributed by atoms with Gasteiger partial charge in [-0.05, 0) is 68.0 Å². The molecule has 2 heterocycles. The van der Waals surface area contributed by atoms with E-state index in [1.807, 2.05) is 95.5 Å². The van der Waals surface area contributed by atoms with Crippen LogP contribution in [0.25, 0.3) is 5.69 Å². The van der Waals surface area contributed by atoms with E-state index in [4.69, 9.17) is 9.84 Å². The number of carbonyl (C=O) groups is 1. The van der Waals surface area contributed by atoms with Crippen LogP contribution in [0.15, 0.2) is 72.1 Å². The first-order chi connectivity index (χ1) is 15.6. The van der Waals surface area contributed by atoms with E-state index in [1.54, 1.807) is 0 Å². The average Bonchev–Trinajstić information content (AvgIpc) is 3.39. The monoisotopic (exact) mass is 443 g/mol. The van der Waals surface area contributed by atoms with Gasteiger partial charge in [-0.2, -0.15) is 5.10 Å². The Morgan fingerprint density at radius 1 is 1.09 bits per heavy atom. The van der Waals surface area contributed by atoms with Gasteiger partial charge in [0.15, 0.2) is 0 Å². The van der Waals surface area contributed by atoms with Crippen LogP contribution in [0.3, 0.4) is 0 Å². The van der Waals surface area contributed by atoms with Gasteiger partial charge in [-0.3, -0.25) is 4.79 Å². The zero-order valence-corrected chi connectivity index (χ0v) is 19.0. The highest BCUT2D eigenvalue weighted by Crippen LogP contribution is 2.36. The van der Waals surface area contributed by atoms with E-state index < -0.39 is 0 Å². The van der Waals surface area contributed by atoms with E-state index in [2.05, 4.69) is 0 Å². The summed E-state index contributed by atoms with van der Waals surface area (Å²) in [6, 6.07) is 22.1. The second-order valence-corrected chi connectivity index (χ2v) is 9.12. The Morgan fingerprint density at radius 3 is 2.59 bits per heavy atom. The van der Waals surface area contributed by atoms with E-state index in [0.717, 1.165) is 46.0 Å². The highest BCUT2D eigenvalue weighted by molar-refractivity contribution is 7.12. The number of aryl methyl sites for hydroxylation is 2. The lowest BCUT2D eigenvalue weighted by Gasteiger charge is -2.22. The maximum Gasteiger partial charge on any atom is 0.264 e. The van der Waals surface area contributed by atoms with Crippen molar-refractivity contribution in [3.63, 3.8) is 0 Å². The Hall–Kier alpha value is -3.38. The number of nitrogens with zero attached hydrogens (tertiary/aromatic N) is 3. The van der Waals surface area contributed by atoms with Crippen molar-refractivity contribution < 1.29 is 9.53 Å². The Labute approximate surface area is 191 Å². The maximum atomic E-state index is 13.3. The van der Waals surface area contributed by atoms with Gasteiger partial charge in [0.2, 0.25) is 5.88 Å². The van der Waals surface area contributed by atoms with E-state index in [-0.39, 0.29) is 11.9 Å². The third kappa shape index (κ3) is 4.18. The number of hydrogen-bond acceptors (Lipinski definition) is 4. The van der Waals surface area contributed by atoms with Crippen molar-refractivity contribution in [1.82, 2.24) is 14.7 Å². The molecule has 0 atom stereocenters. The Kier molecular flexibility index (Phi) is 5.53. The molecular weight excluding hydrogens is 418 g/mol. The number of hydrogen-bond donors (Lipinski definition) is 0. The summed E-state index contributed by atoms with van der Waals surface area (Å²) in [7, 11) is 0. The number of carbonyl (C=O) groups excluding carboxylic acids is 1. The lowest BCUT2D eigenvalue weighted by molar-refractivity contribution is 0.0733. The fourth-order valence-corrected chi connectivity index (χ4v) is 4.50. The van der Waals surface area contributed by atoms with Crippen LogP contribution in [-0.2, 0) is 6.54 Å². The minimum atomic E-state index is 0.0795. The smallest absolute Gasteiger partial charge is 0.264 e. The van der Waals surface area contributed by atoms with E-state index >= 15 is 0 Å². The molecule has 5 rings (SSSR count). The second-order valence-electron chi connectivity index (χ2n) is 8.18. The standard InChI is InChI=1S/C26H25N3O2S/c1-18-8-6-11-22(16-18)31-26-23(19(2)27-29(26)21-9-4-3-5-10-21)17-28(20-13-14-20)25(30)24-12-7-15-32-24/h3-12,15-16,20H,13-14,17H2,1-2H3. The molecule has 2 aromatic carbocycles. The summed E-state index contributed by atoms with van der Waals surface area (Å²) in [5, 5.41) is 6.76. The molecular formula is C26H25N3O2S. The average molecular weight is 444 g/mol. The lowest BCUT2D eigenvalue weighted by atomic mass is 10.2.